The Labute approximate surface area is 202 Å². The monoisotopic (exact) mass is 478 g/mol. The fraction of sp³-hybridized carbons (Fsp3) is 0.269. The number of aryl methyl sites for hydroxylation is 1. The number of thiazole rings is 1. The number of nitrogens with zero attached hydrogens (tertiary/aromatic N) is 2. The van der Waals surface area contributed by atoms with Crippen molar-refractivity contribution < 1.29 is 24.5 Å². The maximum Gasteiger partial charge on any atom is 0.290 e. The molecule has 1 unspecified atom stereocenters. The minimum Gasteiger partial charge on any atom is -0.504 e. The van der Waals surface area contributed by atoms with Crippen LogP contribution in [0, 0.1) is 6.92 Å². The van der Waals surface area contributed by atoms with Crippen LogP contribution in [-0.2, 0) is 4.79 Å². The average Bonchev–Trinajstić information content (AvgIpc) is 3.34. The van der Waals surface area contributed by atoms with Crippen LogP contribution in [0.2, 0.25) is 0 Å². The molecule has 2 heterocycles. The Bertz CT molecular complexity index is 1270. The van der Waals surface area contributed by atoms with E-state index in [1.807, 2.05) is 37.3 Å². The quantitative estimate of drug-likeness (QED) is 0.431. The zero-order chi connectivity index (χ0) is 24.4. The first-order valence-electron chi connectivity index (χ1n) is 11.1. The lowest BCUT2D eigenvalue weighted by Crippen LogP contribution is -2.31. The maximum atomic E-state index is 13.8. The van der Waals surface area contributed by atoms with Crippen molar-refractivity contribution in [2.45, 2.75) is 33.2 Å². The van der Waals surface area contributed by atoms with Crippen molar-refractivity contribution in [1.82, 2.24) is 9.88 Å². The first-order valence-corrected chi connectivity index (χ1v) is 12.0. The molecular weight excluding hydrogens is 452 g/mol. The zero-order valence-electron chi connectivity index (χ0n) is 19.2. The van der Waals surface area contributed by atoms with Gasteiger partial charge in [-0.15, -0.1) is 11.3 Å². The van der Waals surface area contributed by atoms with Crippen LogP contribution in [0.3, 0.4) is 0 Å². The summed E-state index contributed by atoms with van der Waals surface area (Å²) in [6.45, 7) is 6.16. The second kappa shape index (κ2) is 9.69. The van der Waals surface area contributed by atoms with Crippen molar-refractivity contribution in [3.63, 3.8) is 0 Å². The van der Waals surface area contributed by atoms with Gasteiger partial charge < -0.3 is 19.8 Å². The third-order valence-corrected chi connectivity index (χ3v) is 6.84. The molecule has 1 aliphatic heterocycles. The number of aromatic hydroxyl groups is 1. The Morgan fingerprint density at radius 2 is 1.88 bits per heavy atom. The van der Waals surface area contributed by atoms with Crippen LogP contribution in [-0.4, -0.2) is 44.9 Å². The van der Waals surface area contributed by atoms with Gasteiger partial charge in [-0.2, -0.15) is 0 Å². The van der Waals surface area contributed by atoms with Crippen molar-refractivity contribution >= 4 is 23.0 Å². The number of carbonyl (C=O) groups excluding carboxylic acids is 2. The minimum absolute atomic E-state index is 0.0120. The van der Waals surface area contributed by atoms with E-state index in [1.165, 1.54) is 22.3 Å². The third kappa shape index (κ3) is 4.17. The number of carbonyl (C=O) groups is 2. The van der Waals surface area contributed by atoms with Gasteiger partial charge in [-0.25, -0.2) is 4.98 Å². The van der Waals surface area contributed by atoms with Gasteiger partial charge in [-0.05, 0) is 38.0 Å². The van der Waals surface area contributed by atoms with Crippen LogP contribution in [0.25, 0.3) is 10.6 Å². The van der Waals surface area contributed by atoms with E-state index in [2.05, 4.69) is 4.98 Å². The molecule has 4 rings (SSSR count). The number of aromatic nitrogens is 1. The molecule has 1 aromatic heterocycles. The van der Waals surface area contributed by atoms with E-state index in [4.69, 9.17) is 4.74 Å². The Kier molecular flexibility index (Phi) is 6.70. The molecule has 0 radical (unpaired) electrons. The van der Waals surface area contributed by atoms with Gasteiger partial charge in [-0.1, -0.05) is 43.3 Å². The smallest absolute Gasteiger partial charge is 0.290 e. The molecule has 2 N–H and O–H groups in total. The van der Waals surface area contributed by atoms with Crippen molar-refractivity contribution in [1.29, 1.82) is 0 Å². The lowest BCUT2D eigenvalue weighted by atomic mass is 9.94. The summed E-state index contributed by atoms with van der Waals surface area (Å²) >= 11 is 1.24. The van der Waals surface area contributed by atoms with E-state index in [9.17, 15) is 19.8 Å². The van der Waals surface area contributed by atoms with Gasteiger partial charge in [0.1, 0.15) is 5.01 Å². The fourth-order valence-electron chi connectivity index (χ4n) is 4.11. The molecule has 0 saturated carbocycles. The van der Waals surface area contributed by atoms with Crippen LogP contribution in [0.4, 0.5) is 0 Å². The summed E-state index contributed by atoms with van der Waals surface area (Å²) in [4.78, 5) is 33.2. The van der Waals surface area contributed by atoms with Crippen LogP contribution >= 0.6 is 11.3 Å². The molecular formula is C26H26N2O5S. The van der Waals surface area contributed by atoms with Crippen LogP contribution in [0.5, 0.6) is 11.5 Å². The molecule has 1 aliphatic rings. The highest BCUT2D eigenvalue weighted by molar-refractivity contribution is 7.17. The van der Waals surface area contributed by atoms with E-state index in [-0.39, 0.29) is 17.1 Å². The van der Waals surface area contributed by atoms with Crippen molar-refractivity contribution in [2.75, 3.05) is 13.2 Å². The first kappa shape index (κ1) is 23.5. The van der Waals surface area contributed by atoms with Crippen LogP contribution < -0.4 is 4.74 Å². The number of benzene rings is 2. The Balaban J connectivity index is 1.80. The van der Waals surface area contributed by atoms with Gasteiger partial charge >= 0.3 is 0 Å². The van der Waals surface area contributed by atoms with Crippen molar-refractivity contribution in [3.8, 4) is 22.1 Å². The number of aliphatic hydroxyl groups is 1. The van der Waals surface area contributed by atoms with Gasteiger partial charge in [0.05, 0.1) is 28.8 Å². The largest absolute Gasteiger partial charge is 0.504 e. The highest BCUT2D eigenvalue weighted by atomic mass is 32.1. The summed E-state index contributed by atoms with van der Waals surface area (Å²) in [5.41, 5.74) is 2.01. The number of rotatable bonds is 8. The Hall–Kier alpha value is -3.65. The van der Waals surface area contributed by atoms with Gasteiger partial charge in [-0.3, -0.25) is 9.59 Å². The molecule has 8 heteroatoms. The molecule has 1 amide bonds. The van der Waals surface area contributed by atoms with Gasteiger partial charge in [0.25, 0.3) is 5.91 Å². The molecule has 176 valence electrons. The number of ether oxygens (including phenoxy) is 1. The molecule has 2 aromatic carbocycles. The van der Waals surface area contributed by atoms with E-state index in [0.29, 0.717) is 40.7 Å². The summed E-state index contributed by atoms with van der Waals surface area (Å²) < 4.78 is 5.51. The molecule has 0 aliphatic carbocycles. The van der Waals surface area contributed by atoms with E-state index in [0.717, 1.165) is 5.56 Å². The molecule has 1 atom stereocenters. The molecule has 0 bridgehead atoms. The number of Topliss-reactive ketones (excluding diaryl/α,β-unsaturated/α-hetero) is 1. The summed E-state index contributed by atoms with van der Waals surface area (Å²) in [6.07, 6.45) is 0.644. The molecule has 7 nitrogen and oxygen atoms in total. The van der Waals surface area contributed by atoms with Crippen molar-refractivity contribution in [3.05, 3.63) is 76.0 Å². The normalized spacial score (nSPS) is 15.8. The molecule has 3 aromatic rings. The predicted molar refractivity (Wildman–Crippen MR) is 130 cm³/mol. The lowest BCUT2D eigenvalue weighted by molar-refractivity contribution is -0.129. The van der Waals surface area contributed by atoms with Crippen molar-refractivity contribution in [2.24, 2.45) is 0 Å². The number of ketones is 1. The maximum absolute atomic E-state index is 13.8. The summed E-state index contributed by atoms with van der Waals surface area (Å²) in [6, 6.07) is 13.5. The second-order valence-corrected chi connectivity index (χ2v) is 8.95. The molecule has 0 saturated heterocycles. The van der Waals surface area contributed by atoms with Crippen LogP contribution in [0.15, 0.2) is 59.9 Å². The lowest BCUT2D eigenvalue weighted by Gasteiger charge is -2.26. The molecule has 0 spiro atoms. The van der Waals surface area contributed by atoms with Gasteiger partial charge in [0.2, 0.25) is 5.78 Å². The Morgan fingerprint density at radius 3 is 2.56 bits per heavy atom. The predicted octanol–water partition coefficient (Wildman–Crippen LogP) is 5.21. The van der Waals surface area contributed by atoms with E-state index >= 15 is 0 Å². The fourth-order valence-corrected chi connectivity index (χ4v) is 5.14. The van der Waals surface area contributed by atoms with E-state index < -0.39 is 23.5 Å². The number of hydrogen-bond donors (Lipinski definition) is 2. The molecule has 34 heavy (non-hydrogen) atoms. The summed E-state index contributed by atoms with van der Waals surface area (Å²) in [7, 11) is 0. The second-order valence-electron chi connectivity index (χ2n) is 7.95. The number of amides is 1. The molecule has 0 fully saturated rings. The Morgan fingerprint density at radius 1 is 1.15 bits per heavy atom. The average molecular weight is 479 g/mol. The summed E-state index contributed by atoms with van der Waals surface area (Å²) in [5, 5.41) is 21.7. The van der Waals surface area contributed by atoms with Gasteiger partial charge in [0.15, 0.2) is 17.3 Å². The minimum atomic E-state index is -0.804. The highest BCUT2D eigenvalue weighted by Gasteiger charge is 2.44. The number of phenolic OH excluding ortho intramolecular Hbond substituents is 1. The third-order valence-electron chi connectivity index (χ3n) is 5.64. The summed E-state index contributed by atoms with van der Waals surface area (Å²) in [5.74, 6) is -1.36. The highest BCUT2D eigenvalue weighted by Crippen LogP contribution is 2.43. The SMILES string of the molecule is CCCN1C(=O)C(O)=C(C(=O)c2sc(-c3ccccc3)nc2C)C1c1ccc(O)c(OCC)c1. The first-order chi connectivity index (χ1) is 16.4. The standard InChI is InChI=1S/C26H26N2O5S/c1-4-13-28-21(17-11-12-18(29)19(14-17)33-5-2)20(23(31)26(28)32)22(30)24-15(3)27-25(34-24)16-9-7-6-8-10-16/h6-12,14,21,29,31H,4-5,13H2,1-3H3. The number of phenols is 1. The number of hydrogen-bond acceptors (Lipinski definition) is 7. The van der Waals surface area contributed by atoms with E-state index in [1.54, 1.807) is 26.0 Å². The topological polar surface area (TPSA) is 100.0 Å². The van der Waals surface area contributed by atoms with Gasteiger partial charge in [0, 0.05) is 12.1 Å². The zero-order valence-corrected chi connectivity index (χ0v) is 20.1. The number of aliphatic hydroxyl groups excluding tert-OH is 1. The van der Waals surface area contributed by atoms with Crippen LogP contribution in [0.1, 0.15) is 47.2 Å².